The number of carbonyl (C=O) groups is 1. The minimum absolute atomic E-state index is 0.106. The monoisotopic (exact) mass is 431 g/mol. The summed E-state index contributed by atoms with van der Waals surface area (Å²) in [7, 11) is -3.19. The van der Waals surface area contributed by atoms with Gasteiger partial charge in [0.2, 0.25) is 10.0 Å². The lowest BCUT2D eigenvalue weighted by atomic mass is 9.88. The van der Waals surface area contributed by atoms with Gasteiger partial charge in [0.1, 0.15) is 5.01 Å². The highest BCUT2D eigenvalue weighted by Gasteiger charge is 2.42. The second kappa shape index (κ2) is 8.82. The maximum absolute atomic E-state index is 11.4. The Bertz CT molecular complexity index is 727. The fourth-order valence-electron chi connectivity index (χ4n) is 3.14. The Hall–Kier alpha value is -1.28. The van der Waals surface area contributed by atoms with Gasteiger partial charge in [-0.15, -0.1) is 11.3 Å². The first-order chi connectivity index (χ1) is 12.5. The third-order valence-corrected chi connectivity index (χ3v) is 5.66. The molecule has 3 rings (SSSR count). The summed E-state index contributed by atoms with van der Waals surface area (Å²) in [4.78, 5) is 15.6. The summed E-state index contributed by atoms with van der Waals surface area (Å²) in [6.45, 7) is 3.89. The first kappa shape index (κ1) is 22.0. The lowest BCUT2D eigenvalue weighted by Crippen LogP contribution is -2.49. The van der Waals surface area contributed by atoms with Gasteiger partial charge in [-0.1, -0.05) is 0 Å². The van der Waals surface area contributed by atoms with E-state index in [-0.39, 0.29) is 6.04 Å². The van der Waals surface area contributed by atoms with Crippen molar-refractivity contribution in [3.8, 4) is 0 Å². The summed E-state index contributed by atoms with van der Waals surface area (Å²) < 4.78 is 62.9. The number of alkyl halides is 3. The molecule has 0 aromatic carbocycles. The number of carboxylic acids is 1. The number of ether oxygens (including phenoxy) is 1. The van der Waals surface area contributed by atoms with Crippen LogP contribution >= 0.6 is 11.3 Å². The molecule has 27 heavy (non-hydrogen) atoms. The number of rotatable bonds is 4. The second-order valence-corrected chi connectivity index (χ2v) is 9.14. The van der Waals surface area contributed by atoms with E-state index >= 15 is 0 Å². The second-order valence-electron chi connectivity index (χ2n) is 6.38. The van der Waals surface area contributed by atoms with Crippen molar-refractivity contribution in [2.45, 2.75) is 18.8 Å². The molecule has 0 radical (unpaired) electrons. The molecule has 2 saturated heterocycles. The van der Waals surface area contributed by atoms with Gasteiger partial charge >= 0.3 is 12.1 Å². The number of hydrogen-bond donors (Lipinski definition) is 2. The number of thiazole rings is 1. The van der Waals surface area contributed by atoms with Crippen LogP contribution in [0.25, 0.3) is 0 Å². The number of nitrogens with zero attached hydrogens (tertiary/aromatic N) is 2. The van der Waals surface area contributed by atoms with Crippen molar-refractivity contribution in [2.75, 3.05) is 32.6 Å². The Morgan fingerprint density at radius 2 is 2.11 bits per heavy atom. The number of fused-ring (bicyclic) bond motifs is 1. The molecule has 3 heterocycles. The topological polar surface area (TPSA) is 109 Å². The Balaban J connectivity index is 0.000000321. The molecular formula is C14H20F3N3O5S2. The number of halogens is 3. The Morgan fingerprint density at radius 1 is 1.44 bits per heavy atom. The van der Waals surface area contributed by atoms with E-state index in [1.807, 2.05) is 11.6 Å². The molecule has 0 saturated carbocycles. The van der Waals surface area contributed by atoms with Crippen LogP contribution in [0.15, 0.2) is 11.6 Å². The first-order valence-electron chi connectivity index (χ1n) is 7.91. The molecule has 13 heteroatoms. The highest BCUT2D eigenvalue weighted by Crippen LogP contribution is 2.31. The molecule has 2 aliphatic rings. The molecule has 2 N–H and O–H groups in total. The van der Waals surface area contributed by atoms with Gasteiger partial charge in [-0.2, -0.15) is 13.2 Å². The van der Waals surface area contributed by atoms with Gasteiger partial charge in [-0.05, 0) is 5.92 Å². The van der Waals surface area contributed by atoms with E-state index in [9.17, 15) is 21.6 Å². The van der Waals surface area contributed by atoms with Crippen LogP contribution in [0.1, 0.15) is 5.01 Å². The van der Waals surface area contributed by atoms with E-state index in [4.69, 9.17) is 14.6 Å². The Labute approximate surface area is 158 Å². The maximum Gasteiger partial charge on any atom is 0.490 e. The van der Waals surface area contributed by atoms with Gasteiger partial charge in [-0.3, -0.25) is 4.90 Å². The highest BCUT2D eigenvalue weighted by atomic mass is 32.2. The molecule has 2 fully saturated rings. The Kier molecular flexibility index (Phi) is 7.19. The fourth-order valence-corrected chi connectivity index (χ4v) is 4.59. The van der Waals surface area contributed by atoms with E-state index in [1.165, 1.54) is 6.26 Å². The zero-order valence-electron chi connectivity index (χ0n) is 14.3. The minimum Gasteiger partial charge on any atom is -0.475 e. The number of aromatic nitrogens is 1. The van der Waals surface area contributed by atoms with E-state index < -0.39 is 22.2 Å². The summed E-state index contributed by atoms with van der Waals surface area (Å²) in [5.41, 5.74) is 0. The zero-order valence-corrected chi connectivity index (χ0v) is 16.0. The predicted octanol–water partition coefficient (Wildman–Crippen LogP) is 0.772. The number of likely N-dealkylation sites (tertiary alicyclic amines) is 1. The molecular weight excluding hydrogens is 411 g/mol. The minimum atomic E-state index is -5.08. The summed E-state index contributed by atoms with van der Waals surface area (Å²) in [5.74, 6) is -2.02. The molecule has 8 nitrogen and oxygen atoms in total. The van der Waals surface area contributed by atoms with Crippen molar-refractivity contribution in [1.29, 1.82) is 0 Å². The van der Waals surface area contributed by atoms with E-state index in [0.29, 0.717) is 18.4 Å². The van der Waals surface area contributed by atoms with Crippen molar-refractivity contribution in [2.24, 2.45) is 11.8 Å². The van der Waals surface area contributed by atoms with Crippen LogP contribution in [0.5, 0.6) is 0 Å². The average molecular weight is 431 g/mol. The molecule has 2 aliphatic heterocycles. The summed E-state index contributed by atoms with van der Waals surface area (Å²) >= 11 is 1.66. The number of nitrogens with one attached hydrogen (secondary N) is 1. The summed E-state index contributed by atoms with van der Waals surface area (Å²) in [6.07, 6.45) is -2.06. The zero-order chi connectivity index (χ0) is 20.2. The standard InChI is InChI=1S/C12H19N3O3S2.C2HF3O2/c1-20(16,17)14-11-8-18-7-9-4-15(5-10(9)11)6-12-13-2-3-19-12;3-2(4,5)1(6)7/h2-3,9-11,14H,4-8H2,1H3;(H,6,7)/t9-,10-,11-;/m0./s1. The number of hydrogen-bond acceptors (Lipinski definition) is 7. The third-order valence-electron chi connectivity index (χ3n) is 4.16. The summed E-state index contributed by atoms with van der Waals surface area (Å²) in [6, 6.07) is -0.106. The quantitative estimate of drug-likeness (QED) is 0.725. The normalized spacial score (nSPS) is 26.1. The fraction of sp³-hybridized carbons (Fsp3) is 0.714. The van der Waals surface area contributed by atoms with E-state index in [1.54, 1.807) is 11.3 Å². The average Bonchev–Trinajstić information content (AvgIpc) is 3.15. The van der Waals surface area contributed by atoms with E-state index in [2.05, 4.69) is 14.6 Å². The molecule has 0 spiro atoms. The van der Waals surface area contributed by atoms with Crippen LogP contribution in [0.3, 0.4) is 0 Å². The molecule has 1 aromatic rings. The van der Waals surface area contributed by atoms with Crippen LogP contribution in [-0.2, 0) is 26.1 Å². The number of sulfonamides is 1. The lowest BCUT2D eigenvalue weighted by molar-refractivity contribution is -0.192. The van der Waals surface area contributed by atoms with Crippen molar-refractivity contribution in [3.63, 3.8) is 0 Å². The van der Waals surface area contributed by atoms with Crippen LogP contribution < -0.4 is 4.72 Å². The highest BCUT2D eigenvalue weighted by molar-refractivity contribution is 7.88. The SMILES string of the molecule is CS(=O)(=O)N[C@H]1COC[C@@H]2CN(Cc3nccs3)C[C@@H]21.O=C(O)C(F)(F)F. The Morgan fingerprint density at radius 3 is 2.63 bits per heavy atom. The van der Waals surface area contributed by atoms with Gasteiger partial charge in [0.15, 0.2) is 0 Å². The van der Waals surface area contributed by atoms with Gasteiger partial charge < -0.3 is 9.84 Å². The van der Waals surface area contributed by atoms with Gasteiger partial charge in [0.25, 0.3) is 0 Å². The molecule has 0 aliphatic carbocycles. The van der Waals surface area contributed by atoms with Crippen LogP contribution in [0.4, 0.5) is 13.2 Å². The van der Waals surface area contributed by atoms with Crippen molar-refractivity contribution >= 4 is 27.3 Å². The molecule has 0 bridgehead atoms. The molecule has 0 unspecified atom stereocenters. The molecule has 1 aromatic heterocycles. The van der Waals surface area contributed by atoms with Crippen molar-refractivity contribution in [3.05, 3.63) is 16.6 Å². The smallest absolute Gasteiger partial charge is 0.475 e. The van der Waals surface area contributed by atoms with Gasteiger partial charge in [-0.25, -0.2) is 22.9 Å². The van der Waals surface area contributed by atoms with Crippen molar-refractivity contribution in [1.82, 2.24) is 14.6 Å². The predicted molar refractivity (Wildman–Crippen MR) is 90.6 cm³/mol. The first-order valence-corrected chi connectivity index (χ1v) is 10.7. The molecule has 0 amide bonds. The largest absolute Gasteiger partial charge is 0.490 e. The van der Waals surface area contributed by atoms with Crippen molar-refractivity contribution < 1.29 is 36.2 Å². The van der Waals surface area contributed by atoms with Gasteiger partial charge in [0, 0.05) is 36.6 Å². The lowest BCUT2D eigenvalue weighted by Gasteiger charge is -2.32. The summed E-state index contributed by atoms with van der Waals surface area (Å²) in [5, 5.41) is 10.2. The van der Waals surface area contributed by atoms with Crippen LogP contribution in [-0.4, -0.2) is 74.2 Å². The van der Waals surface area contributed by atoms with E-state index in [0.717, 1.165) is 31.2 Å². The van der Waals surface area contributed by atoms with Crippen LogP contribution in [0.2, 0.25) is 0 Å². The number of aliphatic carboxylic acids is 1. The maximum atomic E-state index is 11.4. The molecule has 3 atom stereocenters. The third kappa shape index (κ3) is 6.99. The number of carboxylic acid groups (broad SMARTS) is 1. The van der Waals surface area contributed by atoms with Gasteiger partial charge in [0.05, 0.1) is 26.0 Å². The molecule has 154 valence electrons. The van der Waals surface area contributed by atoms with Crippen LogP contribution in [0, 0.1) is 11.8 Å².